The minimum absolute atomic E-state index is 0.0357. The van der Waals surface area contributed by atoms with E-state index in [-0.39, 0.29) is 24.6 Å². The van der Waals surface area contributed by atoms with E-state index in [9.17, 15) is 9.18 Å². The van der Waals surface area contributed by atoms with Gasteiger partial charge in [-0.05, 0) is 51.4 Å². The molecule has 0 aromatic carbocycles. The molecule has 182 valence electrons. The first-order valence-electron chi connectivity index (χ1n) is 12.7. The molecule has 32 heavy (non-hydrogen) atoms. The molecule has 0 amide bonds. The third-order valence-electron chi connectivity index (χ3n) is 7.14. The number of carbonyl (C=O) groups is 1. The SMILES string of the molecule is CCCCC[C@@H](C=C[C@H]1C[C@@H]2OC(=O)[C@@H](F)[C@@H]2[C@@H]1OC1CCCCO1)OC1CCCCO1. The van der Waals surface area contributed by atoms with E-state index in [0.717, 1.165) is 70.8 Å². The van der Waals surface area contributed by atoms with Crippen molar-refractivity contribution in [2.75, 3.05) is 13.2 Å². The van der Waals surface area contributed by atoms with Crippen LogP contribution in [0, 0.1) is 11.8 Å². The van der Waals surface area contributed by atoms with Crippen LogP contribution in [0.4, 0.5) is 4.39 Å². The lowest BCUT2D eigenvalue weighted by Gasteiger charge is -2.30. The molecular formula is C25H39FO6. The molecule has 0 spiro atoms. The highest BCUT2D eigenvalue weighted by molar-refractivity contribution is 5.77. The van der Waals surface area contributed by atoms with Crippen molar-refractivity contribution < 1.29 is 32.9 Å². The molecule has 0 N–H and O–H groups in total. The number of unbranched alkanes of at least 4 members (excludes halogenated alkanes) is 2. The summed E-state index contributed by atoms with van der Waals surface area (Å²) in [7, 11) is 0. The minimum Gasteiger partial charge on any atom is -0.460 e. The van der Waals surface area contributed by atoms with Crippen LogP contribution < -0.4 is 0 Å². The van der Waals surface area contributed by atoms with Crippen LogP contribution in [-0.4, -0.2) is 56.2 Å². The highest BCUT2D eigenvalue weighted by Crippen LogP contribution is 2.45. The Bertz CT molecular complexity index is 616. The summed E-state index contributed by atoms with van der Waals surface area (Å²) in [4.78, 5) is 11.8. The molecule has 3 heterocycles. The molecule has 1 aliphatic carbocycles. The highest BCUT2D eigenvalue weighted by Gasteiger charge is 2.57. The fourth-order valence-electron chi connectivity index (χ4n) is 5.37. The average Bonchev–Trinajstić information content (AvgIpc) is 3.28. The lowest BCUT2D eigenvalue weighted by atomic mass is 9.95. The lowest BCUT2D eigenvalue weighted by Crippen LogP contribution is -2.37. The van der Waals surface area contributed by atoms with Crippen LogP contribution in [0.25, 0.3) is 0 Å². The summed E-state index contributed by atoms with van der Waals surface area (Å²) >= 11 is 0. The monoisotopic (exact) mass is 454 g/mol. The van der Waals surface area contributed by atoms with Crippen LogP contribution in [0.3, 0.4) is 0 Å². The molecule has 0 aromatic heterocycles. The molecule has 4 aliphatic rings. The number of rotatable bonds is 10. The molecule has 0 aromatic rings. The smallest absolute Gasteiger partial charge is 0.341 e. The number of carbonyl (C=O) groups excluding carboxylic acids is 1. The van der Waals surface area contributed by atoms with Gasteiger partial charge in [0.05, 0.1) is 18.1 Å². The van der Waals surface area contributed by atoms with Gasteiger partial charge in [0.1, 0.15) is 6.10 Å². The minimum atomic E-state index is -1.63. The first-order valence-corrected chi connectivity index (χ1v) is 12.7. The molecule has 3 saturated heterocycles. The van der Waals surface area contributed by atoms with Crippen molar-refractivity contribution in [1.29, 1.82) is 0 Å². The van der Waals surface area contributed by atoms with Gasteiger partial charge in [-0.1, -0.05) is 38.3 Å². The summed E-state index contributed by atoms with van der Waals surface area (Å²) in [6, 6.07) is 0. The molecule has 4 rings (SSSR count). The van der Waals surface area contributed by atoms with E-state index in [1.807, 2.05) is 0 Å². The van der Waals surface area contributed by atoms with Gasteiger partial charge < -0.3 is 23.7 Å². The van der Waals surface area contributed by atoms with Gasteiger partial charge in [-0.25, -0.2) is 9.18 Å². The van der Waals surface area contributed by atoms with Gasteiger partial charge >= 0.3 is 5.97 Å². The zero-order chi connectivity index (χ0) is 22.3. The van der Waals surface area contributed by atoms with Gasteiger partial charge in [0, 0.05) is 19.1 Å². The zero-order valence-electron chi connectivity index (χ0n) is 19.3. The van der Waals surface area contributed by atoms with E-state index in [1.165, 1.54) is 0 Å². The van der Waals surface area contributed by atoms with Crippen LogP contribution >= 0.6 is 0 Å². The molecule has 7 heteroatoms. The Morgan fingerprint density at radius 3 is 2.53 bits per heavy atom. The number of ether oxygens (including phenoxy) is 5. The summed E-state index contributed by atoms with van der Waals surface area (Å²) < 4.78 is 44.1. The molecule has 2 unspecified atom stereocenters. The van der Waals surface area contributed by atoms with E-state index in [1.54, 1.807) is 0 Å². The summed E-state index contributed by atoms with van der Waals surface area (Å²) in [6.07, 6.45) is 12.1. The maximum absolute atomic E-state index is 14.7. The van der Waals surface area contributed by atoms with Crippen LogP contribution in [0.1, 0.15) is 77.6 Å². The van der Waals surface area contributed by atoms with E-state index in [2.05, 4.69) is 19.1 Å². The van der Waals surface area contributed by atoms with Crippen LogP contribution in [0.5, 0.6) is 0 Å². The highest BCUT2D eigenvalue weighted by atomic mass is 19.1. The van der Waals surface area contributed by atoms with Crippen LogP contribution in [-0.2, 0) is 28.5 Å². The fourth-order valence-corrected chi connectivity index (χ4v) is 5.37. The van der Waals surface area contributed by atoms with Gasteiger partial charge in [-0.3, -0.25) is 0 Å². The molecule has 0 radical (unpaired) electrons. The number of esters is 1. The lowest BCUT2D eigenvalue weighted by molar-refractivity contribution is -0.202. The Balaban J connectivity index is 1.43. The van der Waals surface area contributed by atoms with Crippen molar-refractivity contribution in [3.05, 3.63) is 12.2 Å². The van der Waals surface area contributed by atoms with Crippen LogP contribution in [0.2, 0.25) is 0 Å². The normalized spacial score (nSPS) is 38.7. The van der Waals surface area contributed by atoms with Crippen molar-refractivity contribution in [1.82, 2.24) is 0 Å². The summed E-state index contributed by atoms with van der Waals surface area (Å²) in [5.74, 6) is -1.36. The van der Waals surface area contributed by atoms with Gasteiger partial charge in [0.25, 0.3) is 0 Å². The quantitative estimate of drug-likeness (QED) is 0.267. The van der Waals surface area contributed by atoms with E-state index < -0.39 is 30.3 Å². The zero-order valence-corrected chi connectivity index (χ0v) is 19.3. The predicted molar refractivity (Wildman–Crippen MR) is 117 cm³/mol. The van der Waals surface area contributed by atoms with Crippen molar-refractivity contribution in [3.8, 4) is 0 Å². The first-order chi connectivity index (χ1) is 15.7. The van der Waals surface area contributed by atoms with Crippen molar-refractivity contribution in [2.45, 2.75) is 115 Å². The van der Waals surface area contributed by atoms with Gasteiger partial charge in [0.15, 0.2) is 12.6 Å². The van der Waals surface area contributed by atoms with E-state index in [0.29, 0.717) is 13.0 Å². The third-order valence-corrected chi connectivity index (χ3v) is 7.14. The molecule has 3 aliphatic heterocycles. The molecule has 0 bridgehead atoms. The topological polar surface area (TPSA) is 63.2 Å². The van der Waals surface area contributed by atoms with Gasteiger partial charge in [-0.15, -0.1) is 0 Å². The summed E-state index contributed by atoms with van der Waals surface area (Å²) in [6.45, 7) is 3.61. The maximum atomic E-state index is 14.7. The second kappa shape index (κ2) is 11.9. The second-order valence-electron chi connectivity index (χ2n) is 9.60. The van der Waals surface area contributed by atoms with Gasteiger partial charge in [0.2, 0.25) is 6.17 Å². The Morgan fingerprint density at radius 2 is 1.84 bits per heavy atom. The Labute approximate surface area is 191 Å². The molecule has 6 nitrogen and oxygen atoms in total. The van der Waals surface area contributed by atoms with Crippen molar-refractivity contribution in [3.63, 3.8) is 0 Å². The van der Waals surface area contributed by atoms with E-state index in [4.69, 9.17) is 23.7 Å². The first kappa shape index (κ1) is 24.1. The van der Waals surface area contributed by atoms with E-state index >= 15 is 0 Å². The Hall–Kier alpha value is -1.02. The summed E-state index contributed by atoms with van der Waals surface area (Å²) in [5, 5.41) is 0. The average molecular weight is 455 g/mol. The van der Waals surface area contributed by atoms with Crippen molar-refractivity contribution >= 4 is 5.97 Å². The molecular weight excluding hydrogens is 415 g/mol. The molecule has 4 fully saturated rings. The van der Waals surface area contributed by atoms with Gasteiger partial charge in [-0.2, -0.15) is 0 Å². The van der Waals surface area contributed by atoms with Crippen LogP contribution in [0.15, 0.2) is 12.2 Å². The summed E-state index contributed by atoms with van der Waals surface area (Å²) in [5.41, 5.74) is 0. The number of halogens is 1. The molecule has 1 saturated carbocycles. The number of hydrogen-bond donors (Lipinski definition) is 0. The Kier molecular flexibility index (Phi) is 8.98. The maximum Gasteiger partial charge on any atom is 0.341 e. The fraction of sp³-hybridized carbons (Fsp3) is 0.880. The third kappa shape index (κ3) is 6.10. The van der Waals surface area contributed by atoms with Crippen molar-refractivity contribution in [2.24, 2.45) is 11.8 Å². The molecule has 8 atom stereocenters. The Morgan fingerprint density at radius 1 is 1.09 bits per heavy atom. The number of hydrogen-bond acceptors (Lipinski definition) is 6. The standard InChI is InChI=1S/C25H39FO6/c1-2-3-4-9-18(30-20-10-5-7-14-28-20)13-12-17-16-19-22(23(26)25(27)31-19)24(17)32-21-11-6-8-15-29-21/h12-13,17-24H,2-11,14-16H2,1H3/t17-,18-,19-,20?,21?,22+,23-,24+/m0/s1. The largest absolute Gasteiger partial charge is 0.460 e. The number of fused-ring (bicyclic) bond motifs is 1. The number of alkyl halides is 1. The predicted octanol–water partition coefficient (Wildman–Crippen LogP) is 4.85. The second-order valence-corrected chi connectivity index (χ2v) is 9.60.